The van der Waals surface area contributed by atoms with E-state index in [9.17, 15) is 13.2 Å². The van der Waals surface area contributed by atoms with Crippen LogP contribution in [0.4, 0.5) is 13.2 Å². The summed E-state index contributed by atoms with van der Waals surface area (Å²) in [5.74, 6) is 0. The molecule has 2 aromatic carbocycles. The molecule has 118 valence electrons. The number of aromatic nitrogens is 1. The molecule has 0 fully saturated rings. The standard InChI is InChI=1S/C19H16F3N/c1-2-8-14(13-9-4-3-5-10-13)17-15-11-6-7-12-16(15)23-18(17)19(20,21)22/h3-12,23H,2H2,1H3/b14-8+. The number of alkyl halides is 3. The number of para-hydroxylation sites is 1. The van der Waals surface area contributed by atoms with Gasteiger partial charge >= 0.3 is 6.18 Å². The van der Waals surface area contributed by atoms with Gasteiger partial charge in [0.15, 0.2) is 0 Å². The van der Waals surface area contributed by atoms with Crippen molar-refractivity contribution in [2.24, 2.45) is 0 Å². The molecular weight excluding hydrogens is 299 g/mol. The van der Waals surface area contributed by atoms with E-state index >= 15 is 0 Å². The van der Waals surface area contributed by atoms with Gasteiger partial charge in [-0.25, -0.2) is 0 Å². The van der Waals surface area contributed by atoms with Crippen molar-refractivity contribution >= 4 is 16.5 Å². The Hall–Kier alpha value is -2.49. The molecule has 0 aliphatic heterocycles. The first-order chi connectivity index (χ1) is 11.0. The zero-order valence-corrected chi connectivity index (χ0v) is 12.6. The summed E-state index contributed by atoms with van der Waals surface area (Å²) in [6, 6.07) is 16.1. The van der Waals surface area contributed by atoms with Crippen LogP contribution in [0.3, 0.4) is 0 Å². The van der Waals surface area contributed by atoms with E-state index in [0.717, 1.165) is 5.56 Å². The van der Waals surface area contributed by atoms with Crippen molar-refractivity contribution < 1.29 is 13.2 Å². The van der Waals surface area contributed by atoms with Gasteiger partial charge in [0.25, 0.3) is 0 Å². The summed E-state index contributed by atoms with van der Waals surface area (Å²) in [6.07, 6.45) is -1.93. The second-order valence-electron chi connectivity index (χ2n) is 5.31. The Morgan fingerprint density at radius 2 is 1.65 bits per heavy atom. The highest BCUT2D eigenvalue weighted by Crippen LogP contribution is 2.41. The Balaban J connectivity index is 2.34. The molecular formula is C19H16F3N. The molecule has 0 aliphatic rings. The van der Waals surface area contributed by atoms with Crippen LogP contribution in [0.1, 0.15) is 30.2 Å². The van der Waals surface area contributed by atoms with Crippen LogP contribution >= 0.6 is 0 Å². The molecule has 1 heterocycles. The van der Waals surface area contributed by atoms with Crippen LogP contribution < -0.4 is 0 Å². The molecule has 3 aromatic rings. The number of allylic oxidation sites excluding steroid dienone is 1. The number of aromatic amines is 1. The van der Waals surface area contributed by atoms with Gasteiger partial charge < -0.3 is 4.98 Å². The molecule has 0 atom stereocenters. The molecule has 0 saturated carbocycles. The number of H-pyrrole nitrogens is 1. The van der Waals surface area contributed by atoms with E-state index < -0.39 is 11.9 Å². The quantitative estimate of drug-likeness (QED) is 0.607. The highest BCUT2D eigenvalue weighted by Gasteiger charge is 2.37. The Bertz CT molecular complexity index is 842. The van der Waals surface area contributed by atoms with Gasteiger partial charge in [0, 0.05) is 16.5 Å². The second-order valence-corrected chi connectivity index (χ2v) is 5.31. The van der Waals surface area contributed by atoms with Gasteiger partial charge in [0.05, 0.1) is 0 Å². The van der Waals surface area contributed by atoms with Gasteiger partial charge in [-0.05, 0) is 23.6 Å². The maximum atomic E-state index is 13.5. The molecule has 0 unspecified atom stereocenters. The van der Waals surface area contributed by atoms with Crippen LogP contribution in [0.2, 0.25) is 0 Å². The molecule has 23 heavy (non-hydrogen) atoms. The van der Waals surface area contributed by atoms with Crippen molar-refractivity contribution in [1.29, 1.82) is 0 Å². The number of hydrogen-bond donors (Lipinski definition) is 1. The summed E-state index contributed by atoms with van der Waals surface area (Å²) in [7, 11) is 0. The fourth-order valence-electron chi connectivity index (χ4n) is 2.82. The van der Waals surface area contributed by atoms with Crippen molar-refractivity contribution in [1.82, 2.24) is 4.98 Å². The Morgan fingerprint density at radius 1 is 1.00 bits per heavy atom. The van der Waals surface area contributed by atoms with Crippen molar-refractivity contribution in [3.05, 3.63) is 77.5 Å². The third-order valence-corrected chi connectivity index (χ3v) is 3.75. The van der Waals surface area contributed by atoms with Crippen LogP contribution in [0.5, 0.6) is 0 Å². The topological polar surface area (TPSA) is 15.8 Å². The molecule has 4 heteroatoms. The fourth-order valence-corrected chi connectivity index (χ4v) is 2.82. The predicted molar refractivity (Wildman–Crippen MR) is 87.1 cm³/mol. The van der Waals surface area contributed by atoms with Crippen LogP contribution in [-0.4, -0.2) is 4.98 Å². The third-order valence-electron chi connectivity index (χ3n) is 3.75. The SMILES string of the molecule is CC/C=C(\c1ccccc1)c1c(C(F)(F)F)[nH]c2ccccc12. The molecule has 0 spiro atoms. The monoisotopic (exact) mass is 315 g/mol. The smallest absolute Gasteiger partial charge is 0.350 e. The molecule has 0 amide bonds. The van der Waals surface area contributed by atoms with Crippen molar-refractivity contribution in [3.8, 4) is 0 Å². The zero-order chi connectivity index (χ0) is 16.4. The first-order valence-corrected chi connectivity index (χ1v) is 7.46. The molecule has 0 saturated heterocycles. The molecule has 0 radical (unpaired) electrons. The van der Waals surface area contributed by atoms with Gasteiger partial charge in [-0.3, -0.25) is 0 Å². The first-order valence-electron chi connectivity index (χ1n) is 7.46. The molecule has 0 bridgehead atoms. The lowest BCUT2D eigenvalue weighted by Gasteiger charge is -2.12. The molecule has 3 rings (SSSR count). The normalized spacial score (nSPS) is 12.8. The van der Waals surface area contributed by atoms with E-state index in [2.05, 4.69) is 4.98 Å². The Kier molecular flexibility index (Phi) is 3.99. The van der Waals surface area contributed by atoms with E-state index in [0.29, 0.717) is 22.9 Å². The summed E-state index contributed by atoms with van der Waals surface area (Å²) in [5, 5.41) is 0.586. The summed E-state index contributed by atoms with van der Waals surface area (Å²) in [5.41, 5.74) is 1.42. The Labute approximate surface area is 132 Å². The van der Waals surface area contributed by atoms with E-state index in [1.54, 1.807) is 24.3 Å². The van der Waals surface area contributed by atoms with E-state index in [4.69, 9.17) is 0 Å². The lowest BCUT2D eigenvalue weighted by atomic mass is 9.94. The number of nitrogens with one attached hydrogen (secondary N) is 1. The number of halogens is 3. The third kappa shape index (κ3) is 2.89. The highest BCUT2D eigenvalue weighted by atomic mass is 19.4. The summed E-state index contributed by atoms with van der Waals surface area (Å²) < 4.78 is 40.6. The minimum absolute atomic E-state index is 0.223. The summed E-state index contributed by atoms with van der Waals surface area (Å²) in [4.78, 5) is 2.55. The van der Waals surface area contributed by atoms with Crippen molar-refractivity contribution in [2.75, 3.05) is 0 Å². The molecule has 1 nitrogen and oxygen atoms in total. The van der Waals surface area contributed by atoms with Crippen LogP contribution in [-0.2, 0) is 6.18 Å². The van der Waals surface area contributed by atoms with Crippen LogP contribution in [0.15, 0.2) is 60.7 Å². The van der Waals surface area contributed by atoms with E-state index in [1.807, 2.05) is 43.3 Å². The first kappa shape index (κ1) is 15.4. The number of fused-ring (bicyclic) bond motifs is 1. The maximum absolute atomic E-state index is 13.5. The van der Waals surface area contributed by atoms with E-state index in [1.165, 1.54) is 0 Å². The van der Waals surface area contributed by atoms with Gasteiger partial charge in [0.2, 0.25) is 0 Å². The largest absolute Gasteiger partial charge is 0.431 e. The minimum Gasteiger partial charge on any atom is -0.350 e. The second kappa shape index (κ2) is 5.95. The van der Waals surface area contributed by atoms with Crippen molar-refractivity contribution in [2.45, 2.75) is 19.5 Å². The molecule has 1 N–H and O–H groups in total. The zero-order valence-electron chi connectivity index (χ0n) is 12.6. The van der Waals surface area contributed by atoms with Gasteiger partial charge in [-0.1, -0.05) is 61.5 Å². The molecule has 1 aromatic heterocycles. The van der Waals surface area contributed by atoms with Crippen LogP contribution in [0, 0.1) is 0 Å². The lowest BCUT2D eigenvalue weighted by molar-refractivity contribution is -0.140. The van der Waals surface area contributed by atoms with E-state index in [-0.39, 0.29) is 5.56 Å². The summed E-state index contributed by atoms with van der Waals surface area (Å²) >= 11 is 0. The predicted octanol–water partition coefficient (Wildman–Crippen LogP) is 6.03. The number of rotatable bonds is 3. The maximum Gasteiger partial charge on any atom is 0.431 e. The molecule has 0 aliphatic carbocycles. The van der Waals surface area contributed by atoms with Gasteiger partial charge in [0.1, 0.15) is 5.69 Å². The average molecular weight is 315 g/mol. The van der Waals surface area contributed by atoms with Crippen LogP contribution in [0.25, 0.3) is 16.5 Å². The van der Waals surface area contributed by atoms with Gasteiger partial charge in [-0.2, -0.15) is 13.2 Å². The number of benzene rings is 2. The fraction of sp³-hybridized carbons (Fsp3) is 0.158. The average Bonchev–Trinajstić information content (AvgIpc) is 2.93. The lowest BCUT2D eigenvalue weighted by Crippen LogP contribution is -2.09. The number of hydrogen-bond acceptors (Lipinski definition) is 0. The summed E-state index contributed by atoms with van der Waals surface area (Å²) in [6.45, 7) is 1.92. The minimum atomic E-state index is -4.43. The Morgan fingerprint density at radius 3 is 2.30 bits per heavy atom. The highest BCUT2D eigenvalue weighted by molar-refractivity contribution is 5.98. The van der Waals surface area contributed by atoms with Gasteiger partial charge in [-0.15, -0.1) is 0 Å². The van der Waals surface area contributed by atoms with Crippen molar-refractivity contribution in [3.63, 3.8) is 0 Å².